The lowest BCUT2D eigenvalue weighted by Gasteiger charge is -2.06. The molecule has 0 bridgehead atoms. The van der Waals surface area contributed by atoms with Crippen LogP contribution >= 0.6 is 0 Å². The summed E-state index contributed by atoms with van der Waals surface area (Å²) < 4.78 is 4.89. The maximum Gasteiger partial charge on any atom is 0.352 e. The molecule has 18 heavy (non-hydrogen) atoms. The fourth-order valence-electron chi connectivity index (χ4n) is 1.29. The molecule has 6 nitrogen and oxygen atoms in total. The Bertz CT molecular complexity index is 507. The topological polar surface area (TPSA) is 95.9 Å². The van der Waals surface area contributed by atoms with Crippen molar-refractivity contribution in [3.05, 3.63) is 29.5 Å². The van der Waals surface area contributed by atoms with E-state index in [2.05, 4.69) is 5.32 Å². The molecule has 0 aliphatic rings. The van der Waals surface area contributed by atoms with Gasteiger partial charge in [-0.15, -0.1) is 0 Å². The van der Waals surface area contributed by atoms with E-state index < -0.39 is 11.9 Å². The third-order valence-electron chi connectivity index (χ3n) is 2.06. The maximum absolute atomic E-state index is 10.9. The number of carbonyl (C=O) groups excluding carboxylic acids is 1. The summed E-state index contributed by atoms with van der Waals surface area (Å²) in [6.45, 7) is 1.22. The van der Waals surface area contributed by atoms with Gasteiger partial charge < -0.3 is 20.3 Å². The van der Waals surface area contributed by atoms with Gasteiger partial charge in [-0.1, -0.05) is 6.07 Å². The third-order valence-corrected chi connectivity index (χ3v) is 2.06. The first kappa shape index (κ1) is 13.6. The molecular weight excluding hydrogens is 238 g/mol. The Morgan fingerprint density at radius 1 is 1.39 bits per heavy atom. The lowest BCUT2D eigenvalue weighted by atomic mass is 10.1. The summed E-state index contributed by atoms with van der Waals surface area (Å²) in [4.78, 5) is 21.7. The lowest BCUT2D eigenvalue weighted by Crippen LogP contribution is -2.24. The van der Waals surface area contributed by atoms with Crippen LogP contribution in [0.25, 0.3) is 6.08 Å². The Balaban J connectivity index is 3.11. The number of amides is 1. The molecule has 0 saturated heterocycles. The van der Waals surface area contributed by atoms with E-state index in [1.807, 2.05) is 0 Å². The largest absolute Gasteiger partial charge is 0.504 e. The molecule has 0 radical (unpaired) electrons. The van der Waals surface area contributed by atoms with Crippen LogP contribution in [0, 0.1) is 0 Å². The van der Waals surface area contributed by atoms with Crippen molar-refractivity contribution in [2.75, 3.05) is 7.11 Å². The van der Waals surface area contributed by atoms with Gasteiger partial charge >= 0.3 is 5.97 Å². The molecule has 0 unspecified atom stereocenters. The molecule has 96 valence electrons. The molecule has 0 aliphatic heterocycles. The highest BCUT2D eigenvalue weighted by molar-refractivity contribution is 5.96. The minimum Gasteiger partial charge on any atom is -0.504 e. The van der Waals surface area contributed by atoms with Crippen LogP contribution in [0.15, 0.2) is 23.9 Å². The average molecular weight is 251 g/mol. The normalized spacial score (nSPS) is 10.9. The Morgan fingerprint density at radius 2 is 2.06 bits per heavy atom. The molecule has 1 rings (SSSR count). The Hall–Kier alpha value is -2.50. The van der Waals surface area contributed by atoms with Crippen molar-refractivity contribution < 1.29 is 24.5 Å². The van der Waals surface area contributed by atoms with Crippen LogP contribution in [0.1, 0.15) is 12.5 Å². The van der Waals surface area contributed by atoms with Crippen LogP contribution < -0.4 is 10.1 Å². The number of carboxylic acids is 1. The predicted molar refractivity (Wildman–Crippen MR) is 64.1 cm³/mol. The first-order valence-electron chi connectivity index (χ1n) is 5.03. The molecule has 1 aromatic carbocycles. The van der Waals surface area contributed by atoms with Crippen molar-refractivity contribution in [2.24, 2.45) is 0 Å². The molecule has 3 N–H and O–H groups in total. The van der Waals surface area contributed by atoms with Gasteiger partial charge in [0.1, 0.15) is 5.70 Å². The van der Waals surface area contributed by atoms with Crippen LogP contribution in [-0.2, 0) is 9.59 Å². The smallest absolute Gasteiger partial charge is 0.352 e. The van der Waals surface area contributed by atoms with Crippen molar-refractivity contribution in [1.29, 1.82) is 0 Å². The number of hydrogen-bond acceptors (Lipinski definition) is 4. The number of carbonyl (C=O) groups is 2. The summed E-state index contributed by atoms with van der Waals surface area (Å²) in [5.74, 6) is -1.56. The molecular formula is C12H13NO5. The minimum atomic E-state index is -1.25. The zero-order valence-corrected chi connectivity index (χ0v) is 9.93. The van der Waals surface area contributed by atoms with Crippen LogP contribution in [0.5, 0.6) is 11.5 Å². The fraction of sp³-hybridized carbons (Fsp3) is 0.167. The Morgan fingerprint density at radius 3 is 2.56 bits per heavy atom. The summed E-state index contributed by atoms with van der Waals surface area (Å²) in [6, 6.07) is 4.33. The van der Waals surface area contributed by atoms with Crippen LogP contribution in [-0.4, -0.2) is 29.2 Å². The van der Waals surface area contributed by atoms with Gasteiger partial charge in [-0.25, -0.2) is 4.79 Å². The molecule has 6 heteroatoms. The summed E-state index contributed by atoms with van der Waals surface area (Å²) in [5, 5.41) is 20.5. The van der Waals surface area contributed by atoms with E-state index in [0.717, 1.165) is 0 Å². The molecule has 0 atom stereocenters. The number of phenolic OH excluding ortho intramolecular Hbond substituents is 1. The molecule has 0 aromatic heterocycles. The number of nitrogens with one attached hydrogen (secondary N) is 1. The van der Waals surface area contributed by atoms with Crippen molar-refractivity contribution in [2.45, 2.75) is 6.92 Å². The Kier molecular flexibility index (Phi) is 4.31. The molecule has 0 fully saturated rings. The number of carboxylic acid groups (broad SMARTS) is 1. The molecule has 1 aromatic rings. The van der Waals surface area contributed by atoms with Gasteiger partial charge in [0.2, 0.25) is 5.91 Å². The number of rotatable bonds is 4. The number of phenols is 1. The van der Waals surface area contributed by atoms with E-state index in [4.69, 9.17) is 9.84 Å². The first-order chi connectivity index (χ1) is 8.43. The maximum atomic E-state index is 10.9. The highest BCUT2D eigenvalue weighted by Crippen LogP contribution is 2.27. The summed E-state index contributed by atoms with van der Waals surface area (Å²) >= 11 is 0. The van der Waals surface area contributed by atoms with Crippen LogP contribution in [0.3, 0.4) is 0 Å². The van der Waals surface area contributed by atoms with Gasteiger partial charge in [0.15, 0.2) is 11.5 Å². The average Bonchev–Trinajstić information content (AvgIpc) is 2.29. The second-order valence-electron chi connectivity index (χ2n) is 3.48. The Labute approximate surface area is 104 Å². The molecule has 0 heterocycles. The highest BCUT2D eigenvalue weighted by Gasteiger charge is 2.09. The van der Waals surface area contributed by atoms with Gasteiger partial charge in [-0.3, -0.25) is 4.79 Å². The molecule has 0 spiro atoms. The van der Waals surface area contributed by atoms with E-state index in [1.165, 1.54) is 38.3 Å². The number of ether oxygens (including phenoxy) is 1. The van der Waals surface area contributed by atoms with Gasteiger partial charge in [0.25, 0.3) is 0 Å². The number of methoxy groups -OCH3 is 1. The first-order valence-corrected chi connectivity index (χ1v) is 5.03. The zero-order chi connectivity index (χ0) is 13.7. The summed E-state index contributed by atoms with van der Waals surface area (Å²) in [6.07, 6.45) is 1.27. The highest BCUT2D eigenvalue weighted by atomic mass is 16.5. The van der Waals surface area contributed by atoms with E-state index in [1.54, 1.807) is 0 Å². The van der Waals surface area contributed by atoms with E-state index in [0.29, 0.717) is 5.56 Å². The van der Waals surface area contributed by atoms with Gasteiger partial charge in [0.05, 0.1) is 7.11 Å². The molecule has 1 amide bonds. The number of benzene rings is 1. The summed E-state index contributed by atoms with van der Waals surface area (Å²) in [7, 11) is 1.38. The zero-order valence-electron chi connectivity index (χ0n) is 9.93. The second-order valence-corrected chi connectivity index (χ2v) is 3.48. The van der Waals surface area contributed by atoms with Crippen molar-refractivity contribution in [3.8, 4) is 11.5 Å². The van der Waals surface area contributed by atoms with Crippen molar-refractivity contribution in [1.82, 2.24) is 5.32 Å². The van der Waals surface area contributed by atoms with Crippen molar-refractivity contribution in [3.63, 3.8) is 0 Å². The predicted octanol–water partition coefficient (Wildman–Crippen LogP) is 0.962. The van der Waals surface area contributed by atoms with Gasteiger partial charge in [-0.2, -0.15) is 0 Å². The molecule has 0 aliphatic carbocycles. The third kappa shape index (κ3) is 3.51. The van der Waals surface area contributed by atoms with E-state index in [9.17, 15) is 14.7 Å². The number of hydrogen-bond donors (Lipinski definition) is 3. The SMILES string of the molecule is COc1cc(/C=C(\NC(C)=O)C(=O)O)ccc1O. The van der Waals surface area contributed by atoms with Gasteiger partial charge in [0, 0.05) is 6.92 Å². The number of aliphatic carboxylic acids is 1. The standard InChI is InChI=1S/C12H13NO5/c1-7(14)13-9(12(16)17)5-8-3-4-10(15)11(6-8)18-2/h3-6,15H,1-2H3,(H,13,14)(H,16,17)/b9-5-. The molecule has 0 saturated carbocycles. The quantitative estimate of drug-likeness (QED) is 0.693. The fourth-order valence-corrected chi connectivity index (χ4v) is 1.29. The van der Waals surface area contributed by atoms with Crippen LogP contribution in [0.4, 0.5) is 0 Å². The summed E-state index contributed by atoms with van der Waals surface area (Å²) in [5.41, 5.74) is 0.228. The monoisotopic (exact) mass is 251 g/mol. The lowest BCUT2D eigenvalue weighted by molar-refractivity contribution is -0.134. The minimum absolute atomic E-state index is 0.0500. The van der Waals surface area contributed by atoms with Crippen molar-refractivity contribution >= 4 is 18.0 Å². The van der Waals surface area contributed by atoms with E-state index in [-0.39, 0.29) is 17.2 Å². The number of aromatic hydroxyl groups is 1. The van der Waals surface area contributed by atoms with E-state index >= 15 is 0 Å². The van der Waals surface area contributed by atoms with Gasteiger partial charge in [-0.05, 0) is 23.8 Å². The van der Waals surface area contributed by atoms with Crippen LogP contribution in [0.2, 0.25) is 0 Å². The second kappa shape index (κ2) is 5.72.